The number of rotatable bonds is 7. The number of thioether (sulfide) groups is 1. The lowest BCUT2D eigenvalue weighted by Crippen LogP contribution is -2.29. The van der Waals surface area contributed by atoms with Gasteiger partial charge in [0.25, 0.3) is 5.78 Å². The second-order valence-electron chi connectivity index (χ2n) is 9.43. The van der Waals surface area contributed by atoms with Crippen LogP contribution in [-0.4, -0.2) is 47.3 Å². The molecule has 1 unspecified atom stereocenters. The van der Waals surface area contributed by atoms with E-state index in [1.54, 1.807) is 49.6 Å². The molecule has 0 bridgehead atoms. The lowest BCUT2D eigenvalue weighted by Gasteiger charge is -2.23. The molecule has 1 aromatic heterocycles. The molecule has 208 valence electrons. The molecule has 9 nitrogen and oxygen atoms in total. The minimum Gasteiger partial charge on any atom is -0.507 e. The maximum absolute atomic E-state index is 13.5. The van der Waals surface area contributed by atoms with Crippen molar-refractivity contribution >= 4 is 45.7 Å². The highest BCUT2D eigenvalue weighted by atomic mass is 32.2. The Labute approximate surface area is 244 Å². The van der Waals surface area contributed by atoms with Crippen LogP contribution in [0.4, 0.5) is 5.13 Å². The Morgan fingerprint density at radius 2 is 1.76 bits per heavy atom. The highest BCUT2D eigenvalue weighted by Gasteiger charge is 2.48. The van der Waals surface area contributed by atoms with Crippen LogP contribution in [0.2, 0.25) is 0 Å². The predicted molar refractivity (Wildman–Crippen MR) is 156 cm³/mol. The molecule has 4 aromatic rings. The number of carbonyl (C=O) groups is 2. The van der Waals surface area contributed by atoms with E-state index in [9.17, 15) is 14.7 Å². The van der Waals surface area contributed by atoms with Crippen LogP contribution in [0, 0.1) is 6.92 Å². The molecule has 1 N–H and O–H groups in total. The first kappa shape index (κ1) is 26.9. The summed E-state index contributed by atoms with van der Waals surface area (Å²) < 4.78 is 17.2. The molecule has 6 rings (SSSR count). The maximum atomic E-state index is 13.5. The van der Waals surface area contributed by atoms with Crippen molar-refractivity contribution in [2.24, 2.45) is 0 Å². The minimum atomic E-state index is -0.933. The van der Waals surface area contributed by atoms with Gasteiger partial charge < -0.3 is 19.3 Å². The summed E-state index contributed by atoms with van der Waals surface area (Å²) in [6.45, 7) is 2.83. The molecule has 1 amide bonds. The van der Waals surface area contributed by atoms with Crippen LogP contribution in [0.15, 0.2) is 76.6 Å². The van der Waals surface area contributed by atoms with E-state index in [0.717, 1.165) is 5.56 Å². The Kier molecular flexibility index (Phi) is 7.38. The van der Waals surface area contributed by atoms with E-state index in [1.165, 1.54) is 33.6 Å². The van der Waals surface area contributed by atoms with Crippen LogP contribution < -0.4 is 19.1 Å². The first-order chi connectivity index (χ1) is 19.9. The molecule has 0 saturated carbocycles. The van der Waals surface area contributed by atoms with E-state index in [-0.39, 0.29) is 16.5 Å². The second kappa shape index (κ2) is 11.3. The average molecular weight is 588 g/mol. The van der Waals surface area contributed by atoms with Crippen LogP contribution >= 0.6 is 23.1 Å². The number of benzene rings is 3. The van der Waals surface area contributed by atoms with Gasteiger partial charge in [-0.05, 0) is 48.4 Å². The molecule has 0 spiro atoms. The van der Waals surface area contributed by atoms with Crippen molar-refractivity contribution in [3.8, 4) is 17.2 Å². The van der Waals surface area contributed by atoms with Gasteiger partial charge in [0.05, 0.1) is 18.7 Å². The van der Waals surface area contributed by atoms with E-state index in [4.69, 9.17) is 14.2 Å². The minimum absolute atomic E-state index is 0.0547. The van der Waals surface area contributed by atoms with Crippen LogP contribution in [0.1, 0.15) is 28.3 Å². The van der Waals surface area contributed by atoms with E-state index >= 15 is 0 Å². The molecule has 41 heavy (non-hydrogen) atoms. The number of Topliss-reactive ketones (excluding diaryl/α,β-unsaturated/α-hetero) is 1. The van der Waals surface area contributed by atoms with Gasteiger partial charge in [0.15, 0.2) is 15.8 Å². The van der Waals surface area contributed by atoms with Crippen molar-refractivity contribution in [3.63, 3.8) is 0 Å². The van der Waals surface area contributed by atoms with Crippen molar-refractivity contribution in [1.29, 1.82) is 0 Å². The number of carbonyl (C=O) groups excluding carboxylic acids is 2. The summed E-state index contributed by atoms with van der Waals surface area (Å²) in [6.07, 6.45) is 0. The zero-order valence-electron chi connectivity index (χ0n) is 22.2. The third-order valence-corrected chi connectivity index (χ3v) is 8.90. The van der Waals surface area contributed by atoms with Gasteiger partial charge in [-0.15, -0.1) is 10.2 Å². The summed E-state index contributed by atoms with van der Waals surface area (Å²) in [6, 6.07) is 19.2. The van der Waals surface area contributed by atoms with Crippen LogP contribution in [0.25, 0.3) is 5.76 Å². The number of aliphatic hydroxyl groups excluding tert-OH is 1. The van der Waals surface area contributed by atoms with Crippen molar-refractivity contribution in [2.45, 2.75) is 23.1 Å². The molecule has 1 saturated heterocycles. The fourth-order valence-corrected chi connectivity index (χ4v) is 6.49. The van der Waals surface area contributed by atoms with E-state index in [2.05, 4.69) is 34.5 Å². The molecule has 3 heterocycles. The third kappa shape index (κ3) is 5.25. The van der Waals surface area contributed by atoms with Gasteiger partial charge >= 0.3 is 5.91 Å². The molecule has 2 aliphatic rings. The number of nitrogens with zero attached hydrogens (tertiary/aromatic N) is 3. The Balaban J connectivity index is 1.38. The normalized spacial score (nSPS) is 17.6. The summed E-state index contributed by atoms with van der Waals surface area (Å²) in [5.74, 6) is 0.364. The van der Waals surface area contributed by atoms with Crippen LogP contribution in [0.3, 0.4) is 0 Å². The molecule has 11 heteroatoms. The Hall–Kier alpha value is -4.35. The smallest absolute Gasteiger partial charge is 0.301 e. The summed E-state index contributed by atoms with van der Waals surface area (Å²) in [4.78, 5) is 28.3. The van der Waals surface area contributed by atoms with Gasteiger partial charge in [-0.1, -0.05) is 65.1 Å². The number of hydrogen-bond donors (Lipinski definition) is 1. The summed E-state index contributed by atoms with van der Waals surface area (Å²) in [7, 11) is 1.56. The van der Waals surface area contributed by atoms with Gasteiger partial charge in [-0.25, -0.2) is 0 Å². The summed E-state index contributed by atoms with van der Waals surface area (Å²) in [5, 5.41) is 20.3. The fraction of sp³-hybridized carbons (Fsp3) is 0.200. The number of ketones is 1. The number of hydrogen-bond acceptors (Lipinski definition) is 10. The number of aromatic nitrogens is 2. The Morgan fingerprint density at radius 3 is 2.49 bits per heavy atom. The van der Waals surface area contributed by atoms with Crippen molar-refractivity contribution in [1.82, 2.24) is 10.2 Å². The maximum Gasteiger partial charge on any atom is 0.301 e. The fourth-order valence-electron chi connectivity index (χ4n) is 4.67. The van der Waals surface area contributed by atoms with Crippen molar-refractivity contribution in [2.75, 3.05) is 25.2 Å². The summed E-state index contributed by atoms with van der Waals surface area (Å²) in [5.41, 5.74) is 3.20. The number of amides is 1. The number of aliphatic hydroxyl groups is 1. The van der Waals surface area contributed by atoms with Crippen molar-refractivity contribution in [3.05, 3.63) is 94.6 Å². The molecule has 1 fully saturated rings. The second-order valence-corrected chi connectivity index (χ2v) is 11.6. The highest BCUT2D eigenvalue weighted by molar-refractivity contribution is 8.00. The Bertz CT molecular complexity index is 1650. The van der Waals surface area contributed by atoms with Gasteiger partial charge in [0.2, 0.25) is 5.13 Å². The molecule has 2 aliphatic heterocycles. The van der Waals surface area contributed by atoms with Gasteiger partial charge in [-0.3, -0.25) is 14.5 Å². The largest absolute Gasteiger partial charge is 0.507 e. The molecule has 1 atom stereocenters. The topological polar surface area (TPSA) is 111 Å². The predicted octanol–water partition coefficient (Wildman–Crippen LogP) is 5.54. The molecular formula is C30H25N3O6S2. The van der Waals surface area contributed by atoms with Crippen LogP contribution in [-0.2, 0) is 15.3 Å². The number of methoxy groups -OCH3 is 1. The van der Waals surface area contributed by atoms with Crippen molar-refractivity contribution < 1.29 is 28.9 Å². The van der Waals surface area contributed by atoms with Gasteiger partial charge in [-0.2, -0.15) is 0 Å². The molecule has 0 aliphatic carbocycles. The number of fused-ring (bicyclic) bond motifs is 1. The van der Waals surface area contributed by atoms with Gasteiger partial charge in [0.1, 0.15) is 24.7 Å². The molecule has 0 radical (unpaired) electrons. The zero-order valence-corrected chi connectivity index (χ0v) is 23.8. The zero-order chi connectivity index (χ0) is 28.5. The van der Waals surface area contributed by atoms with Crippen LogP contribution in [0.5, 0.6) is 17.2 Å². The number of anilines is 1. The quantitative estimate of drug-likeness (QED) is 0.0979. The monoisotopic (exact) mass is 587 g/mol. The SMILES string of the molecule is COc1ccc(C2C(=C(O)c3ccc4c(c3)OCCO4)C(=O)C(=O)N2c2nnc(SCc3ccc(C)cc3)s2)cc1. The summed E-state index contributed by atoms with van der Waals surface area (Å²) >= 11 is 2.72. The lowest BCUT2D eigenvalue weighted by molar-refractivity contribution is -0.132. The van der Waals surface area contributed by atoms with Gasteiger partial charge in [0, 0.05) is 11.3 Å². The highest BCUT2D eigenvalue weighted by Crippen LogP contribution is 2.45. The van der Waals surface area contributed by atoms with E-state index in [0.29, 0.717) is 51.7 Å². The third-order valence-electron chi connectivity index (χ3n) is 6.78. The first-order valence-electron chi connectivity index (χ1n) is 12.8. The number of aryl methyl sites for hydroxylation is 1. The standard InChI is InChI=1S/C30H25N3O6S2/c1-17-3-5-18(6-4-17)16-40-30-32-31-29(41-30)33-25(19-7-10-21(37-2)11-8-19)24(27(35)28(33)36)26(34)20-9-12-22-23(15-20)39-14-13-38-22/h3-12,15,25,34H,13-14,16H2,1-2H3. The number of ether oxygens (including phenoxy) is 3. The molecular weight excluding hydrogens is 562 g/mol. The lowest BCUT2D eigenvalue weighted by atomic mass is 9.95. The average Bonchev–Trinajstić information content (AvgIpc) is 3.58. The van der Waals surface area contributed by atoms with E-state index in [1.807, 2.05) is 6.92 Å². The Morgan fingerprint density at radius 1 is 1.02 bits per heavy atom. The first-order valence-corrected chi connectivity index (χ1v) is 14.6. The van der Waals surface area contributed by atoms with E-state index < -0.39 is 17.7 Å². The molecule has 3 aromatic carbocycles.